The van der Waals surface area contributed by atoms with E-state index in [0.717, 1.165) is 0 Å². The molecule has 1 aromatic carbocycles. The third-order valence-corrected chi connectivity index (χ3v) is 1.52. The van der Waals surface area contributed by atoms with Crippen LogP contribution in [0.2, 0.25) is 0 Å². The minimum atomic E-state index is -2.55. The number of rotatable bonds is 0. The first kappa shape index (κ1) is 3.26. The molecule has 0 fully saturated rings. The Labute approximate surface area is 75.8 Å². The summed E-state index contributed by atoms with van der Waals surface area (Å²) < 4.78 is 36.7. The van der Waals surface area contributed by atoms with Gasteiger partial charge in [0.15, 0.2) is 0 Å². The lowest BCUT2D eigenvalue weighted by atomic mass is 10.1. The first-order valence-electron chi connectivity index (χ1n) is 5.16. The predicted molar refractivity (Wildman–Crippen MR) is 45.3 cm³/mol. The molecule has 0 saturated heterocycles. The zero-order valence-corrected chi connectivity index (χ0v) is 6.91. The van der Waals surface area contributed by atoms with Gasteiger partial charge in [0.05, 0.1) is 2.74 Å². The second-order valence-electron chi connectivity index (χ2n) is 1.91. The standard InChI is InChI=1S/C8H9BrO/c1-5-3-7(9)4-6(2)8(5)10/h3-4,10H,1-2H3/i1D3,3D,4D. The van der Waals surface area contributed by atoms with E-state index in [1.165, 1.54) is 6.92 Å². The van der Waals surface area contributed by atoms with Gasteiger partial charge >= 0.3 is 0 Å². The van der Waals surface area contributed by atoms with Crippen LogP contribution in [0.1, 0.15) is 18.0 Å². The van der Waals surface area contributed by atoms with Crippen molar-refractivity contribution in [3.8, 4) is 5.75 Å². The van der Waals surface area contributed by atoms with Crippen LogP contribution in [0.25, 0.3) is 0 Å². The molecule has 0 amide bonds. The van der Waals surface area contributed by atoms with Crippen molar-refractivity contribution in [2.24, 2.45) is 0 Å². The summed E-state index contributed by atoms with van der Waals surface area (Å²) in [6.45, 7) is -1.11. The van der Waals surface area contributed by atoms with Crippen molar-refractivity contribution in [3.05, 3.63) is 27.7 Å². The van der Waals surface area contributed by atoms with Gasteiger partial charge in [0.2, 0.25) is 0 Å². The SMILES string of the molecule is [2H]c1c(C)c(O)c(C([2H])([2H])[2H])c([2H])c1Br. The molecule has 0 bridgehead atoms. The van der Waals surface area contributed by atoms with Gasteiger partial charge in [-0.15, -0.1) is 0 Å². The number of phenolic OH excluding ortho intramolecular Hbond substituents is 1. The molecule has 2 heteroatoms. The second kappa shape index (κ2) is 2.62. The molecule has 1 N–H and O–H groups in total. The number of hydrogen-bond acceptors (Lipinski definition) is 1. The van der Waals surface area contributed by atoms with E-state index in [9.17, 15) is 5.11 Å². The lowest BCUT2D eigenvalue weighted by molar-refractivity contribution is 0.467. The van der Waals surface area contributed by atoms with Crippen LogP contribution in [-0.2, 0) is 0 Å². The quantitative estimate of drug-likeness (QED) is 0.691. The fourth-order valence-corrected chi connectivity index (χ4v) is 1.11. The Morgan fingerprint density at radius 2 is 2.20 bits per heavy atom. The molecule has 0 saturated carbocycles. The third kappa shape index (κ3) is 1.32. The van der Waals surface area contributed by atoms with Crippen LogP contribution in [0.4, 0.5) is 0 Å². The van der Waals surface area contributed by atoms with Gasteiger partial charge in [-0.05, 0) is 37.0 Å². The van der Waals surface area contributed by atoms with E-state index in [4.69, 9.17) is 6.85 Å². The fourth-order valence-electron chi connectivity index (χ4n) is 0.612. The Kier molecular flexibility index (Phi) is 0.856. The average Bonchev–Trinajstić information content (AvgIpc) is 2.09. The number of benzene rings is 1. The van der Waals surface area contributed by atoms with Gasteiger partial charge in [0, 0.05) is 8.58 Å². The van der Waals surface area contributed by atoms with Gasteiger partial charge in [-0.3, -0.25) is 0 Å². The summed E-state index contributed by atoms with van der Waals surface area (Å²) in [5.41, 5.74) is -0.258. The summed E-state index contributed by atoms with van der Waals surface area (Å²) in [7, 11) is 0. The fraction of sp³-hybridized carbons (Fsp3) is 0.250. The normalized spacial score (nSPS) is 18.4. The Hall–Kier alpha value is -0.500. The zero-order valence-electron chi connectivity index (χ0n) is 10.3. The largest absolute Gasteiger partial charge is 0.507 e. The summed E-state index contributed by atoms with van der Waals surface area (Å²) in [6.07, 6.45) is 0. The molecule has 1 aromatic rings. The van der Waals surface area contributed by atoms with Gasteiger partial charge in [-0.25, -0.2) is 0 Å². The van der Waals surface area contributed by atoms with Crippen LogP contribution in [0.15, 0.2) is 16.6 Å². The van der Waals surface area contributed by atoms with Crippen LogP contribution in [0.3, 0.4) is 0 Å². The van der Waals surface area contributed by atoms with Crippen molar-refractivity contribution in [2.45, 2.75) is 13.8 Å². The maximum Gasteiger partial charge on any atom is 0.121 e. The summed E-state index contributed by atoms with van der Waals surface area (Å²) in [6, 6.07) is -0.423. The second-order valence-corrected chi connectivity index (χ2v) is 2.71. The summed E-state index contributed by atoms with van der Waals surface area (Å²) in [4.78, 5) is 0. The molecule has 0 spiro atoms. The molecule has 1 rings (SSSR count). The summed E-state index contributed by atoms with van der Waals surface area (Å²) >= 11 is 2.97. The molecule has 0 aromatic heterocycles. The smallest absolute Gasteiger partial charge is 0.121 e. The average molecular weight is 206 g/mol. The van der Waals surface area contributed by atoms with Gasteiger partial charge < -0.3 is 5.11 Å². The molecular formula is C8H9BrO. The van der Waals surface area contributed by atoms with Gasteiger partial charge in [-0.2, -0.15) is 0 Å². The highest BCUT2D eigenvalue weighted by molar-refractivity contribution is 9.10. The Bertz CT molecular complexity index is 383. The van der Waals surface area contributed by atoms with Crippen molar-refractivity contribution < 1.29 is 12.0 Å². The number of phenols is 1. The minimum Gasteiger partial charge on any atom is -0.507 e. The summed E-state index contributed by atoms with van der Waals surface area (Å²) in [5, 5.41) is 9.60. The lowest BCUT2D eigenvalue weighted by Gasteiger charge is -2.02. The molecule has 0 atom stereocenters. The van der Waals surface area contributed by atoms with E-state index in [1.807, 2.05) is 0 Å². The number of halogens is 1. The van der Waals surface area contributed by atoms with E-state index in [-0.39, 0.29) is 22.1 Å². The molecule has 0 aliphatic carbocycles. The topological polar surface area (TPSA) is 20.2 Å². The van der Waals surface area contributed by atoms with Crippen molar-refractivity contribution in [3.63, 3.8) is 0 Å². The van der Waals surface area contributed by atoms with Crippen molar-refractivity contribution in [2.75, 3.05) is 0 Å². The highest BCUT2D eigenvalue weighted by Gasteiger charge is 1.99. The highest BCUT2D eigenvalue weighted by atomic mass is 79.9. The van der Waals surface area contributed by atoms with E-state index < -0.39 is 18.2 Å². The van der Waals surface area contributed by atoms with Gasteiger partial charge in [0.1, 0.15) is 5.75 Å². The van der Waals surface area contributed by atoms with Gasteiger partial charge in [0.25, 0.3) is 0 Å². The molecule has 0 aliphatic heterocycles. The van der Waals surface area contributed by atoms with Crippen LogP contribution in [0, 0.1) is 13.8 Å². The lowest BCUT2D eigenvalue weighted by Crippen LogP contribution is -1.79. The molecule has 0 aliphatic rings. The number of aromatic hydroxyl groups is 1. The van der Waals surface area contributed by atoms with E-state index in [0.29, 0.717) is 0 Å². The molecule has 0 radical (unpaired) electrons. The zero-order chi connectivity index (χ0) is 12.0. The number of hydrogen-bond donors (Lipinski definition) is 1. The van der Waals surface area contributed by atoms with E-state index in [2.05, 4.69) is 15.9 Å². The molecule has 1 nitrogen and oxygen atoms in total. The predicted octanol–water partition coefficient (Wildman–Crippen LogP) is 2.77. The maximum absolute atomic E-state index is 9.60. The van der Waals surface area contributed by atoms with Crippen LogP contribution in [-0.4, -0.2) is 5.11 Å². The summed E-state index contributed by atoms with van der Waals surface area (Å²) in [5.74, 6) is -0.492. The molecule has 54 valence electrons. The first-order valence-corrected chi connectivity index (χ1v) is 3.46. The van der Waals surface area contributed by atoms with Crippen LogP contribution < -0.4 is 0 Å². The molecule has 10 heavy (non-hydrogen) atoms. The highest BCUT2D eigenvalue weighted by Crippen LogP contribution is 2.25. The Morgan fingerprint density at radius 3 is 2.80 bits per heavy atom. The maximum atomic E-state index is 9.60. The third-order valence-electron chi connectivity index (χ3n) is 1.12. The molecule has 0 unspecified atom stereocenters. The Morgan fingerprint density at radius 1 is 1.60 bits per heavy atom. The van der Waals surface area contributed by atoms with Gasteiger partial charge in [-0.1, -0.05) is 15.9 Å². The van der Waals surface area contributed by atoms with E-state index in [1.54, 1.807) is 0 Å². The van der Waals surface area contributed by atoms with Crippen molar-refractivity contribution in [1.29, 1.82) is 0 Å². The van der Waals surface area contributed by atoms with Crippen molar-refractivity contribution >= 4 is 15.9 Å². The van der Waals surface area contributed by atoms with Crippen molar-refractivity contribution in [1.82, 2.24) is 0 Å². The minimum absolute atomic E-state index is 0.0644. The first-order chi connectivity index (χ1) is 6.68. The molecule has 0 heterocycles. The monoisotopic (exact) mass is 205 g/mol. The van der Waals surface area contributed by atoms with Crippen LogP contribution >= 0.6 is 15.9 Å². The Balaban J connectivity index is 3.68. The van der Waals surface area contributed by atoms with Crippen LogP contribution in [0.5, 0.6) is 5.75 Å². The van der Waals surface area contributed by atoms with E-state index >= 15 is 0 Å². The molecular weight excluding hydrogens is 192 g/mol.